The monoisotopic (exact) mass is 280 g/mol. The number of hydrogen-bond acceptors (Lipinski definition) is 6. The smallest absolute Gasteiger partial charge is 0.272 e. The van der Waals surface area contributed by atoms with Crippen molar-refractivity contribution in [3.63, 3.8) is 0 Å². The van der Waals surface area contributed by atoms with Crippen LogP contribution >= 0.6 is 0 Å². The zero-order valence-corrected chi connectivity index (χ0v) is 11.9. The summed E-state index contributed by atoms with van der Waals surface area (Å²) >= 11 is 0. The van der Waals surface area contributed by atoms with Gasteiger partial charge in [-0.3, -0.25) is 15.4 Å². The van der Waals surface area contributed by atoms with E-state index in [0.29, 0.717) is 24.6 Å². The van der Waals surface area contributed by atoms with Crippen molar-refractivity contribution in [3.8, 4) is 0 Å². The Kier molecular flexibility index (Phi) is 5.85. The average Bonchev–Trinajstić information content (AvgIpc) is 2.42. The number of nitrogens with zero attached hydrogens (tertiary/aromatic N) is 2. The SMILES string of the molecule is CC(=O)NCCNC(=O)c1nc(C(C)C)ncc1NN. The molecule has 2 amide bonds. The molecule has 0 atom stereocenters. The molecule has 1 heterocycles. The molecule has 0 spiro atoms. The Morgan fingerprint density at radius 2 is 1.95 bits per heavy atom. The molecule has 0 aliphatic heterocycles. The summed E-state index contributed by atoms with van der Waals surface area (Å²) in [5.74, 6) is 5.50. The molecule has 0 radical (unpaired) electrons. The number of carbonyl (C=O) groups is 2. The maximum Gasteiger partial charge on any atom is 0.272 e. The lowest BCUT2D eigenvalue weighted by Gasteiger charge is -2.11. The van der Waals surface area contributed by atoms with Gasteiger partial charge < -0.3 is 16.1 Å². The molecule has 110 valence electrons. The summed E-state index contributed by atoms with van der Waals surface area (Å²) in [6.07, 6.45) is 1.48. The van der Waals surface area contributed by atoms with Crippen molar-refractivity contribution in [1.29, 1.82) is 0 Å². The molecule has 1 aromatic rings. The van der Waals surface area contributed by atoms with Crippen molar-refractivity contribution in [3.05, 3.63) is 17.7 Å². The van der Waals surface area contributed by atoms with Gasteiger partial charge in [-0.05, 0) is 0 Å². The van der Waals surface area contributed by atoms with Gasteiger partial charge >= 0.3 is 0 Å². The normalized spacial score (nSPS) is 10.2. The van der Waals surface area contributed by atoms with Crippen molar-refractivity contribution < 1.29 is 9.59 Å². The van der Waals surface area contributed by atoms with E-state index in [1.807, 2.05) is 13.8 Å². The lowest BCUT2D eigenvalue weighted by molar-refractivity contribution is -0.118. The summed E-state index contributed by atoms with van der Waals surface area (Å²) in [7, 11) is 0. The van der Waals surface area contributed by atoms with Gasteiger partial charge in [0.25, 0.3) is 5.91 Å². The van der Waals surface area contributed by atoms with Crippen molar-refractivity contribution in [2.75, 3.05) is 18.5 Å². The third-order valence-electron chi connectivity index (χ3n) is 2.48. The predicted molar refractivity (Wildman–Crippen MR) is 74.9 cm³/mol. The van der Waals surface area contributed by atoms with Crippen LogP contribution in [0.5, 0.6) is 0 Å². The second-order valence-corrected chi connectivity index (χ2v) is 4.53. The fourth-order valence-electron chi connectivity index (χ4n) is 1.45. The Hall–Kier alpha value is -2.22. The zero-order chi connectivity index (χ0) is 15.1. The molecule has 5 N–H and O–H groups in total. The Balaban J connectivity index is 2.74. The van der Waals surface area contributed by atoms with Gasteiger partial charge in [-0.25, -0.2) is 9.97 Å². The number of hydrogen-bond donors (Lipinski definition) is 4. The van der Waals surface area contributed by atoms with Gasteiger partial charge in [-0.2, -0.15) is 0 Å². The molecule has 1 rings (SSSR count). The molecule has 0 aliphatic rings. The van der Waals surface area contributed by atoms with E-state index in [1.54, 1.807) is 0 Å². The summed E-state index contributed by atoms with van der Waals surface area (Å²) in [6.45, 7) is 5.95. The van der Waals surface area contributed by atoms with Crippen LogP contribution < -0.4 is 21.9 Å². The molecule has 0 bridgehead atoms. The van der Waals surface area contributed by atoms with Gasteiger partial charge in [-0.1, -0.05) is 13.8 Å². The maximum atomic E-state index is 12.0. The summed E-state index contributed by atoms with van der Waals surface area (Å²) in [5.41, 5.74) is 2.94. The fraction of sp³-hybridized carbons (Fsp3) is 0.500. The summed E-state index contributed by atoms with van der Waals surface area (Å²) in [5, 5.41) is 5.24. The van der Waals surface area contributed by atoms with Crippen molar-refractivity contribution >= 4 is 17.5 Å². The van der Waals surface area contributed by atoms with Crippen LogP contribution in [0.1, 0.15) is 43.0 Å². The Labute approximate surface area is 117 Å². The minimum absolute atomic E-state index is 0.104. The third-order valence-corrected chi connectivity index (χ3v) is 2.48. The second-order valence-electron chi connectivity index (χ2n) is 4.53. The van der Waals surface area contributed by atoms with E-state index in [9.17, 15) is 9.59 Å². The maximum absolute atomic E-state index is 12.0. The quantitative estimate of drug-likeness (QED) is 0.324. The molecule has 0 saturated heterocycles. The molecule has 0 aromatic carbocycles. The topological polar surface area (TPSA) is 122 Å². The van der Waals surface area contributed by atoms with Crippen LogP contribution in [-0.4, -0.2) is 34.9 Å². The van der Waals surface area contributed by atoms with Crippen LogP contribution in [0.2, 0.25) is 0 Å². The number of amides is 2. The third kappa shape index (κ3) is 4.47. The number of nitrogens with one attached hydrogen (secondary N) is 3. The number of anilines is 1. The first-order valence-corrected chi connectivity index (χ1v) is 6.32. The van der Waals surface area contributed by atoms with Crippen LogP contribution in [0, 0.1) is 0 Å². The van der Waals surface area contributed by atoms with Gasteiger partial charge in [-0.15, -0.1) is 0 Å². The van der Waals surface area contributed by atoms with E-state index in [-0.39, 0.29) is 23.4 Å². The number of nitrogens with two attached hydrogens (primary N) is 1. The average molecular weight is 280 g/mol. The largest absolute Gasteiger partial charge is 0.355 e. The second kappa shape index (κ2) is 7.39. The summed E-state index contributed by atoms with van der Waals surface area (Å²) in [6, 6.07) is 0. The zero-order valence-electron chi connectivity index (χ0n) is 11.9. The number of carbonyl (C=O) groups excluding carboxylic acids is 2. The summed E-state index contributed by atoms with van der Waals surface area (Å²) in [4.78, 5) is 31.1. The number of rotatable bonds is 6. The highest BCUT2D eigenvalue weighted by Gasteiger charge is 2.15. The first-order chi connectivity index (χ1) is 9.45. The Morgan fingerprint density at radius 3 is 2.50 bits per heavy atom. The van der Waals surface area contributed by atoms with Crippen molar-refractivity contribution in [2.24, 2.45) is 5.84 Å². The highest BCUT2D eigenvalue weighted by Crippen LogP contribution is 2.15. The number of aromatic nitrogens is 2. The molecule has 8 heteroatoms. The molecule has 20 heavy (non-hydrogen) atoms. The van der Waals surface area contributed by atoms with E-state index >= 15 is 0 Å². The van der Waals surface area contributed by atoms with E-state index in [2.05, 4.69) is 26.0 Å². The van der Waals surface area contributed by atoms with E-state index in [4.69, 9.17) is 5.84 Å². The molecular formula is C12H20N6O2. The van der Waals surface area contributed by atoms with Gasteiger partial charge in [0.05, 0.1) is 11.9 Å². The fourth-order valence-corrected chi connectivity index (χ4v) is 1.45. The molecule has 1 aromatic heterocycles. The lowest BCUT2D eigenvalue weighted by Crippen LogP contribution is -2.34. The molecule has 0 unspecified atom stereocenters. The minimum atomic E-state index is -0.368. The van der Waals surface area contributed by atoms with Crippen molar-refractivity contribution in [2.45, 2.75) is 26.7 Å². The van der Waals surface area contributed by atoms with Crippen LogP contribution in [0.3, 0.4) is 0 Å². The Bertz CT molecular complexity index is 489. The lowest BCUT2D eigenvalue weighted by atomic mass is 10.2. The number of hydrazine groups is 1. The predicted octanol–water partition coefficient (Wildman–Crippen LogP) is -0.248. The van der Waals surface area contributed by atoms with Crippen LogP contribution in [0.25, 0.3) is 0 Å². The Morgan fingerprint density at radius 1 is 1.30 bits per heavy atom. The standard InChI is InChI=1S/C12H20N6O2/c1-7(2)11-16-6-9(18-13)10(17-11)12(20)15-5-4-14-8(3)19/h6-7,18H,4-5,13H2,1-3H3,(H,14,19)(H,15,20). The van der Waals surface area contributed by atoms with E-state index in [1.165, 1.54) is 13.1 Å². The molecular weight excluding hydrogens is 260 g/mol. The van der Waals surface area contributed by atoms with Crippen LogP contribution in [0.4, 0.5) is 5.69 Å². The minimum Gasteiger partial charge on any atom is -0.355 e. The van der Waals surface area contributed by atoms with Gasteiger partial charge in [0.15, 0.2) is 5.69 Å². The highest BCUT2D eigenvalue weighted by molar-refractivity contribution is 5.97. The van der Waals surface area contributed by atoms with Crippen LogP contribution in [0.15, 0.2) is 6.20 Å². The molecule has 8 nitrogen and oxygen atoms in total. The highest BCUT2D eigenvalue weighted by atomic mass is 16.2. The van der Waals surface area contributed by atoms with Crippen molar-refractivity contribution in [1.82, 2.24) is 20.6 Å². The van der Waals surface area contributed by atoms with E-state index in [0.717, 1.165) is 0 Å². The molecule has 0 fully saturated rings. The molecule has 0 aliphatic carbocycles. The van der Waals surface area contributed by atoms with Gasteiger partial charge in [0, 0.05) is 25.9 Å². The summed E-state index contributed by atoms with van der Waals surface area (Å²) < 4.78 is 0. The van der Waals surface area contributed by atoms with Crippen LogP contribution in [-0.2, 0) is 4.79 Å². The molecule has 0 saturated carbocycles. The van der Waals surface area contributed by atoms with E-state index < -0.39 is 0 Å². The van der Waals surface area contributed by atoms with Gasteiger partial charge in [0.1, 0.15) is 5.82 Å². The van der Waals surface area contributed by atoms with Gasteiger partial charge in [0.2, 0.25) is 5.91 Å². The first-order valence-electron chi connectivity index (χ1n) is 6.32. The first kappa shape index (κ1) is 15.8. The number of nitrogen functional groups attached to an aromatic ring is 1.